The first-order valence-electron chi connectivity index (χ1n) is 6.57. The smallest absolute Gasteiger partial charge is 0.172 e. The molecule has 1 aromatic heterocycles. The van der Waals surface area contributed by atoms with Crippen molar-refractivity contribution in [2.75, 3.05) is 13.2 Å². The van der Waals surface area contributed by atoms with Crippen molar-refractivity contribution < 1.29 is 9.53 Å². The molecule has 0 spiro atoms. The topological polar surface area (TPSA) is 26.3 Å². The third-order valence-electron chi connectivity index (χ3n) is 2.84. The fraction of sp³-hybridized carbons (Fsp3) is 0.312. The van der Waals surface area contributed by atoms with Gasteiger partial charge in [-0.2, -0.15) is 0 Å². The average molecular weight is 274 g/mol. The van der Waals surface area contributed by atoms with Crippen molar-refractivity contribution in [3.05, 3.63) is 47.3 Å². The predicted molar refractivity (Wildman–Crippen MR) is 79.8 cm³/mol. The maximum atomic E-state index is 12.0. The Hall–Kier alpha value is -1.45. The van der Waals surface area contributed by atoms with Crippen LogP contribution < -0.4 is 0 Å². The summed E-state index contributed by atoms with van der Waals surface area (Å²) in [4.78, 5) is 14.0. The first-order valence-corrected chi connectivity index (χ1v) is 7.39. The third-order valence-corrected chi connectivity index (χ3v) is 4.01. The number of rotatable bonds is 7. The van der Waals surface area contributed by atoms with E-state index in [1.54, 1.807) is 11.3 Å². The molecule has 0 atom stereocenters. The second-order valence-corrected chi connectivity index (χ2v) is 5.34. The lowest BCUT2D eigenvalue weighted by atomic mass is 10.2. The number of hydrogen-bond acceptors (Lipinski definition) is 3. The molecule has 2 nitrogen and oxygen atoms in total. The van der Waals surface area contributed by atoms with Gasteiger partial charge >= 0.3 is 0 Å². The summed E-state index contributed by atoms with van der Waals surface area (Å²) in [5.41, 5.74) is 1.17. The van der Waals surface area contributed by atoms with Gasteiger partial charge in [-0.25, -0.2) is 0 Å². The zero-order chi connectivity index (χ0) is 13.5. The normalized spacial score (nSPS) is 10.6. The van der Waals surface area contributed by atoms with E-state index in [-0.39, 0.29) is 5.78 Å². The molecule has 0 radical (unpaired) electrons. The van der Waals surface area contributed by atoms with Crippen LogP contribution in [0, 0.1) is 0 Å². The molecule has 0 bridgehead atoms. The van der Waals surface area contributed by atoms with E-state index in [1.165, 1.54) is 5.56 Å². The van der Waals surface area contributed by atoms with Gasteiger partial charge in [-0.05, 0) is 31.0 Å². The molecule has 0 aliphatic rings. The van der Waals surface area contributed by atoms with Crippen molar-refractivity contribution in [3.8, 4) is 10.4 Å². The summed E-state index contributed by atoms with van der Waals surface area (Å²) in [6.45, 7) is 3.34. The minimum atomic E-state index is 0.215. The van der Waals surface area contributed by atoms with Crippen molar-refractivity contribution in [1.82, 2.24) is 0 Å². The molecule has 0 unspecified atom stereocenters. The van der Waals surface area contributed by atoms with E-state index in [1.807, 2.05) is 37.3 Å². The molecule has 3 heteroatoms. The van der Waals surface area contributed by atoms with Crippen LogP contribution in [0.5, 0.6) is 0 Å². The summed E-state index contributed by atoms with van der Waals surface area (Å²) in [7, 11) is 0. The van der Waals surface area contributed by atoms with Crippen molar-refractivity contribution in [1.29, 1.82) is 0 Å². The van der Waals surface area contributed by atoms with Crippen LogP contribution in [-0.2, 0) is 4.74 Å². The molecule has 2 aromatic rings. The first kappa shape index (κ1) is 14.0. The molecule has 1 heterocycles. The van der Waals surface area contributed by atoms with Gasteiger partial charge in [-0.15, -0.1) is 11.3 Å². The average Bonchev–Trinajstić information content (AvgIpc) is 2.94. The molecular formula is C16H18O2S. The highest BCUT2D eigenvalue weighted by atomic mass is 32.1. The number of ether oxygens (including phenoxy) is 1. The van der Waals surface area contributed by atoms with E-state index in [4.69, 9.17) is 4.74 Å². The number of carbonyl (C=O) groups excluding carboxylic acids is 1. The molecule has 0 saturated carbocycles. The van der Waals surface area contributed by atoms with Crippen LogP contribution in [0.4, 0.5) is 0 Å². The van der Waals surface area contributed by atoms with Crippen molar-refractivity contribution in [2.24, 2.45) is 0 Å². The zero-order valence-electron chi connectivity index (χ0n) is 11.1. The lowest BCUT2D eigenvalue weighted by Crippen LogP contribution is -2.00. The van der Waals surface area contributed by atoms with Crippen LogP contribution in [0.1, 0.15) is 29.4 Å². The Morgan fingerprint density at radius 2 is 1.95 bits per heavy atom. The minimum Gasteiger partial charge on any atom is -0.382 e. The van der Waals surface area contributed by atoms with Gasteiger partial charge in [-0.1, -0.05) is 30.3 Å². The standard InChI is InChI=1S/C16H18O2S/c1-2-18-12-6-9-14(17)16-11-10-15(19-16)13-7-4-3-5-8-13/h3-5,7-8,10-11H,2,6,9,12H2,1H3. The van der Waals surface area contributed by atoms with Gasteiger partial charge in [0.05, 0.1) is 4.88 Å². The summed E-state index contributed by atoms with van der Waals surface area (Å²) < 4.78 is 5.25. The summed E-state index contributed by atoms with van der Waals surface area (Å²) in [5, 5.41) is 0. The third kappa shape index (κ3) is 4.01. The maximum Gasteiger partial charge on any atom is 0.172 e. The summed E-state index contributed by atoms with van der Waals surface area (Å²) >= 11 is 1.57. The van der Waals surface area contributed by atoms with Crippen LogP contribution >= 0.6 is 11.3 Å². The zero-order valence-corrected chi connectivity index (χ0v) is 11.9. The highest BCUT2D eigenvalue weighted by Crippen LogP contribution is 2.28. The fourth-order valence-corrected chi connectivity index (χ4v) is 2.83. The van der Waals surface area contributed by atoms with Gasteiger partial charge in [0.15, 0.2) is 5.78 Å². The van der Waals surface area contributed by atoms with E-state index in [0.717, 1.165) is 16.2 Å². The number of carbonyl (C=O) groups is 1. The lowest BCUT2D eigenvalue weighted by Gasteiger charge is -1.99. The molecule has 0 aliphatic heterocycles. The molecule has 1 aromatic carbocycles. The van der Waals surface area contributed by atoms with Gasteiger partial charge in [0.1, 0.15) is 0 Å². The van der Waals surface area contributed by atoms with E-state index >= 15 is 0 Å². The Bertz CT molecular complexity index is 517. The largest absolute Gasteiger partial charge is 0.382 e. The van der Waals surface area contributed by atoms with E-state index in [9.17, 15) is 4.79 Å². The van der Waals surface area contributed by atoms with Crippen molar-refractivity contribution >= 4 is 17.1 Å². The number of ketones is 1. The van der Waals surface area contributed by atoms with Crippen LogP contribution in [0.25, 0.3) is 10.4 Å². The van der Waals surface area contributed by atoms with Crippen molar-refractivity contribution in [2.45, 2.75) is 19.8 Å². The molecule has 0 aliphatic carbocycles. The van der Waals surface area contributed by atoms with Crippen LogP contribution in [0.3, 0.4) is 0 Å². The Kier molecular flexibility index (Phi) is 5.31. The number of Topliss-reactive ketones (excluding diaryl/α,β-unsaturated/α-hetero) is 1. The predicted octanol–water partition coefficient (Wildman–Crippen LogP) is 4.41. The van der Waals surface area contributed by atoms with Gasteiger partial charge < -0.3 is 4.74 Å². The Labute approximate surface area is 118 Å². The second-order valence-electron chi connectivity index (χ2n) is 4.25. The maximum absolute atomic E-state index is 12.0. The van der Waals surface area contributed by atoms with Gasteiger partial charge in [0.25, 0.3) is 0 Å². The SMILES string of the molecule is CCOCCCC(=O)c1ccc(-c2ccccc2)s1. The lowest BCUT2D eigenvalue weighted by molar-refractivity contribution is 0.0951. The molecule has 100 valence electrons. The molecule has 2 rings (SSSR count). The molecule has 0 saturated heterocycles. The molecule has 0 N–H and O–H groups in total. The molecule has 0 fully saturated rings. The summed E-state index contributed by atoms with van der Waals surface area (Å²) in [5.74, 6) is 0.215. The monoisotopic (exact) mass is 274 g/mol. The summed E-state index contributed by atoms with van der Waals surface area (Å²) in [6.07, 6.45) is 1.36. The Morgan fingerprint density at radius 3 is 2.68 bits per heavy atom. The minimum absolute atomic E-state index is 0.215. The Balaban J connectivity index is 1.95. The molecule has 19 heavy (non-hydrogen) atoms. The van der Waals surface area contributed by atoms with Crippen LogP contribution in [-0.4, -0.2) is 19.0 Å². The molecule has 0 amide bonds. The van der Waals surface area contributed by atoms with Crippen molar-refractivity contribution in [3.63, 3.8) is 0 Å². The van der Waals surface area contributed by atoms with Gasteiger partial charge in [-0.3, -0.25) is 4.79 Å². The van der Waals surface area contributed by atoms with E-state index in [0.29, 0.717) is 19.6 Å². The van der Waals surface area contributed by atoms with Crippen LogP contribution in [0.15, 0.2) is 42.5 Å². The van der Waals surface area contributed by atoms with E-state index < -0.39 is 0 Å². The van der Waals surface area contributed by atoms with E-state index in [2.05, 4.69) is 12.1 Å². The van der Waals surface area contributed by atoms with Crippen LogP contribution in [0.2, 0.25) is 0 Å². The molecular weight excluding hydrogens is 256 g/mol. The second kappa shape index (κ2) is 7.22. The number of hydrogen-bond donors (Lipinski definition) is 0. The highest BCUT2D eigenvalue weighted by Gasteiger charge is 2.09. The van der Waals surface area contributed by atoms with Gasteiger partial charge in [0, 0.05) is 24.5 Å². The van der Waals surface area contributed by atoms with Gasteiger partial charge in [0.2, 0.25) is 0 Å². The first-order chi connectivity index (χ1) is 9.31. The fourth-order valence-electron chi connectivity index (χ4n) is 1.85. The number of thiophene rings is 1. The Morgan fingerprint density at radius 1 is 1.16 bits per heavy atom. The highest BCUT2D eigenvalue weighted by molar-refractivity contribution is 7.17. The summed E-state index contributed by atoms with van der Waals surface area (Å²) in [6, 6.07) is 14.1. The number of benzene rings is 1. The quantitative estimate of drug-likeness (QED) is 0.552.